The first-order chi connectivity index (χ1) is 12.3. The number of nitrogens with one attached hydrogen (secondary N) is 1. The molecular formula is C18H13ClF3NO3. The van der Waals surface area contributed by atoms with Gasteiger partial charge in [-0.3, -0.25) is 4.79 Å². The zero-order valence-electron chi connectivity index (χ0n) is 13.3. The largest absolute Gasteiger partial charge is 0.454 e. The number of ether oxygens (including phenoxy) is 2. The van der Waals surface area contributed by atoms with E-state index in [4.69, 9.17) is 21.1 Å². The fraction of sp³-hybridized carbons (Fsp3) is 0.167. The highest BCUT2D eigenvalue weighted by atomic mass is 35.5. The molecular weight excluding hydrogens is 371 g/mol. The highest BCUT2D eigenvalue weighted by molar-refractivity contribution is 6.31. The molecule has 0 atom stereocenters. The van der Waals surface area contributed by atoms with E-state index in [1.807, 2.05) is 0 Å². The van der Waals surface area contributed by atoms with Crippen LogP contribution in [0, 0.1) is 0 Å². The third-order valence-corrected chi connectivity index (χ3v) is 3.96. The minimum atomic E-state index is -4.55. The van der Waals surface area contributed by atoms with Gasteiger partial charge in [0, 0.05) is 12.6 Å². The van der Waals surface area contributed by atoms with E-state index in [0.29, 0.717) is 11.5 Å². The van der Waals surface area contributed by atoms with E-state index >= 15 is 0 Å². The molecule has 0 saturated carbocycles. The van der Waals surface area contributed by atoms with Gasteiger partial charge in [0.1, 0.15) is 0 Å². The summed E-state index contributed by atoms with van der Waals surface area (Å²) in [5, 5.41) is 2.26. The number of amides is 1. The fourth-order valence-corrected chi connectivity index (χ4v) is 2.56. The SMILES string of the molecule is O=C(/C=C/c1ccc(Cl)c(C(F)(F)F)c1)NCc1ccc2c(c1)OCO2. The lowest BCUT2D eigenvalue weighted by molar-refractivity contribution is -0.137. The van der Waals surface area contributed by atoms with Crippen molar-refractivity contribution >= 4 is 23.6 Å². The lowest BCUT2D eigenvalue weighted by Crippen LogP contribution is -2.20. The molecule has 1 aliphatic rings. The second-order valence-corrected chi connectivity index (χ2v) is 5.88. The lowest BCUT2D eigenvalue weighted by Gasteiger charge is -2.09. The van der Waals surface area contributed by atoms with Crippen molar-refractivity contribution in [2.24, 2.45) is 0 Å². The van der Waals surface area contributed by atoms with Gasteiger partial charge < -0.3 is 14.8 Å². The van der Waals surface area contributed by atoms with Crippen molar-refractivity contribution in [1.82, 2.24) is 5.32 Å². The Kier molecular flexibility index (Phi) is 5.08. The van der Waals surface area contributed by atoms with Crippen molar-refractivity contribution in [3.05, 3.63) is 64.2 Å². The average molecular weight is 384 g/mol. The number of halogens is 4. The molecule has 8 heteroatoms. The third-order valence-electron chi connectivity index (χ3n) is 3.63. The summed E-state index contributed by atoms with van der Waals surface area (Å²) in [6.45, 7) is 0.406. The molecule has 136 valence electrons. The quantitative estimate of drug-likeness (QED) is 0.795. The van der Waals surface area contributed by atoms with E-state index in [1.165, 1.54) is 12.1 Å². The zero-order chi connectivity index (χ0) is 18.7. The monoisotopic (exact) mass is 383 g/mol. The minimum Gasteiger partial charge on any atom is -0.454 e. The van der Waals surface area contributed by atoms with E-state index in [9.17, 15) is 18.0 Å². The van der Waals surface area contributed by atoms with Crippen LogP contribution in [0.2, 0.25) is 5.02 Å². The van der Waals surface area contributed by atoms with E-state index < -0.39 is 17.6 Å². The summed E-state index contributed by atoms with van der Waals surface area (Å²) in [6, 6.07) is 8.72. The van der Waals surface area contributed by atoms with Crippen LogP contribution < -0.4 is 14.8 Å². The zero-order valence-corrected chi connectivity index (χ0v) is 14.0. The molecule has 1 heterocycles. The second kappa shape index (κ2) is 7.29. The molecule has 2 aromatic rings. The Balaban J connectivity index is 1.61. The van der Waals surface area contributed by atoms with Gasteiger partial charge in [0.15, 0.2) is 11.5 Å². The maximum atomic E-state index is 12.8. The van der Waals surface area contributed by atoms with Crippen LogP contribution in [0.25, 0.3) is 6.08 Å². The van der Waals surface area contributed by atoms with Crippen LogP contribution in [0.3, 0.4) is 0 Å². The minimum absolute atomic E-state index is 0.162. The van der Waals surface area contributed by atoms with Crippen molar-refractivity contribution in [2.45, 2.75) is 12.7 Å². The van der Waals surface area contributed by atoms with Gasteiger partial charge in [-0.1, -0.05) is 23.7 Å². The molecule has 2 aromatic carbocycles. The van der Waals surface area contributed by atoms with Gasteiger partial charge in [-0.15, -0.1) is 0 Å². The summed E-state index contributed by atoms with van der Waals surface area (Å²) in [7, 11) is 0. The first kappa shape index (κ1) is 18.1. The first-order valence-electron chi connectivity index (χ1n) is 7.54. The molecule has 1 amide bonds. The van der Waals surface area contributed by atoms with Gasteiger partial charge in [0.2, 0.25) is 12.7 Å². The summed E-state index contributed by atoms with van der Waals surface area (Å²) >= 11 is 5.56. The molecule has 0 fully saturated rings. The van der Waals surface area contributed by atoms with E-state index in [0.717, 1.165) is 23.8 Å². The van der Waals surface area contributed by atoms with E-state index in [1.54, 1.807) is 18.2 Å². The van der Waals surface area contributed by atoms with Crippen LogP contribution in [-0.2, 0) is 17.5 Å². The molecule has 4 nitrogen and oxygen atoms in total. The molecule has 0 aromatic heterocycles. The number of hydrogen-bond acceptors (Lipinski definition) is 3. The van der Waals surface area contributed by atoms with Crippen LogP contribution in [0.1, 0.15) is 16.7 Å². The van der Waals surface area contributed by atoms with Crippen molar-refractivity contribution in [1.29, 1.82) is 0 Å². The summed E-state index contributed by atoms with van der Waals surface area (Å²) in [6.07, 6.45) is -2.10. The Morgan fingerprint density at radius 2 is 1.92 bits per heavy atom. The molecule has 0 radical (unpaired) electrons. The van der Waals surface area contributed by atoms with Crippen molar-refractivity contribution in [3.63, 3.8) is 0 Å². The van der Waals surface area contributed by atoms with E-state index in [2.05, 4.69) is 5.32 Å². The first-order valence-corrected chi connectivity index (χ1v) is 7.92. The third kappa shape index (κ3) is 4.29. The molecule has 3 rings (SSSR count). The van der Waals surface area contributed by atoms with Crippen LogP contribution >= 0.6 is 11.6 Å². The predicted molar refractivity (Wildman–Crippen MR) is 89.9 cm³/mol. The number of rotatable bonds is 4. The van der Waals surface area contributed by atoms with Crippen molar-refractivity contribution in [3.8, 4) is 11.5 Å². The van der Waals surface area contributed by atoms with Crippen molar-refractivity contribution in [2.75, 3.05) is 6.79 Å². The maximum Gasteiger partial charge on any atom is 0.417 e. The average Bonchev–Trinajstić information content (AvgIpc) is 3.06. The number of fused-ring (bicyclic) bond motifs is 1. The van der Waals surface area contributed by atoms with Crippen LogP contribution in [0.15, 0.2) is 42.5 Å². The Hall–Kier alpha value is -2.67. The number of carbonyl (C=O) groups is 1. The number of carbonyl (C=O) groups excluding carboxylic acids is 1. The number of alkyl halides is 3. The summed E-state index contributed by atoms with van der Waals surface area (Å²) in [5.74, 6) is 0.808. The number of hydrogen-bond donors (Lipinski definition) is 1. The molecule has 1 aliphatic heterocycles. The molecule has 0 saturated heterocycles. The van der Waals surface area contributed by atoms with Gasteiger partial charge in [-0.2, -0.15) is 13.2 Å². The van der Waals surface area contributed by atoms with Crippen LogP contribution in [0.5, 0.6) is 11.5 Å². The second-order valence-electron chi connectivity index (χ2n) is 5.48. The number of benzene rings is 2. The van der Waals surface area contributed by atoms with Crippen LogP contribution in [0.4, 0.5) is 13.2 Å². The van der Waals surface area contributed by atoms with Crippen molar-refractivity contribution < 1.29 is 27.4 Å². The van der Waals surface area contributed by atoms with Gasteiger partial charge >= 0.3 is 6.18 Å². The molecule has 0 unspecified atom stereocenters. The highest BCUT2D eigenvalue weighted by Gasteiger charge is 2.33. The predicted octanol–water partition coefficient (Wildman–Crippen LogP) is 4.42. The van der Waals surface area contributed by atoms with Crippen LogP contribution in [-0.4, -0.2) is 12.7 Å². The van der Waals surface area contributed by atoms with Gasteiger partial charge in [0.05, 0.1) is 10.6 Å². The lowest BCUT2D eigenvalue weighted by atomic mass is 10.1. The van der Waals surface area contributed by atoms with E-state index in [-0.39, 0.29) is 23.9 Å². The smallest absolute Gasteiger partial charge is 0.417 e. The maximum absolute atomic E-state index is 12.8. The summed E-state index contributed by atoms with van der Waals surface area (Å²) in [5.41, 5.74) is 0.0869. The molecule has 0 spiro atoms. The van der Waals surface area contributed by atoms with Gasteiger partial charge in [0.25, 0.3) is 0 Å². The Morgan fingerprint density at radius 3 is 2.69 bits per heavy atom. The normalized spacial score (nSPS) is 13.2. The molecule has 0 bridgehead atoms. The highest BCUT2D eigenvalue weighted by Crippen LogP contribution is 2.35. The summed E-state index contributed by atoms with van der Waals surface area (Å²) in [4.78, 5) is 11.9. The Labute approximate surface area is 152 Å². The molecule has 26 heavy (non-hydrogen) atoms. The fourth-order valence-electron chi connectivity index (χ4n) is 2.33. The molecule has 0 aliphatic carbocycles. The van der Waals surface area contributed by atoms with Gasteiger partial charge in [-0.25, -0.2) is 0 Å². The summed E-state index contributed by atoms with van der Waals surface area (Å²) < 4.78 is 48.9. The standard InChI is InChI=1S/C18H13ClF3NO3/c19-14-4-1-11(7-13(14)18(20,21)22)3-6-17(24)23-9-12-2-5-15-16(8-12)26-10-25-15/h1-8H,9-10H2,(H,23,24)/b6-3+. The Morgan fingerprint density at radius 1 is 1.15 bits per heavy atom. The van der Waals surface area contributed by atoms with Gasteiger partial charge in [-0.05, 0) is 41.5 Å². The topological polar surface area (TPSA) is 47.6 Å². The molecule has 1 N–H and O–H groups in total. The Bertz CT molecular complexity index is 865.